The summed E-state index contributed by atoms with van der Waals surface area (Å²) < 4.78 is 0. The van der Waals surface area contributed by atoms with Gasteiger partial charge in [0.15, 0.2) is 0 Å². The standard InChI is InChI=1S/C11H15ClN2/c1-9(3-2-5-12)7-10-8-14-6-4-11(10)13/h3-4,6,8H,2,5,7H2,1H3,(H2,13,14). The minimum absolute atomic E-state index is 0.667. The van der Waals surface area contributed by atoms with Gasteiger partial charge in [-0.05, 0) is 31.4 Å². The van der Waals surface area contributed by atoms with Crippen LogP contribution in [0.1, 0.15) is 18.9 Å². The molecule has 0 saturated carbocycles. The molecule has 3 heteroatoms. The van der Waals surface area contributed by atoms with Crippen molar-refractivity contribution in [1.29, 1.82) is 0 Å². The van der Waals surface area contributed by atoms with Crippen LogP contribution in [-0.4, -0.2) is 10.9 Å². The van der Waals surface area contributed by atoms with Gasteiger partial charge in [-0.15, -0.1) is 11.6 Å². The maximum atomic E-state index is 5.80. The third-order valence-electron chi connectivity index (χ3n) is 2.01. The zero-order valence-corrected chi connectivity index (χ0v) is 9.09. The van der Waals surface area contributed by atoms with Crippen LogP contribution in [0.15, 0.2) is 30.1 Å². The number of hydrogen-bond acceptors (Lipinski definition) is 2. The summed E-state index contributed by atoms with van der Waals surface area (Å²) in [5.41, 5.74) is 8.97. The molecule has 0 aliphatic carbocycles. The first kappa shape index (κ1) is 11.1. The molecule has 0 fully saturated rings. The minimum Gasteiger partial charge on any atom is -0.398 e. The van der Waals surface area contributed by atoms with Crippen LogP contribution in [0.4, 0.5) is 5.69 Å². The van der Waals surface area contributed by atoms with Gasteiger partial charge in [-0.1, -0.05) is 11.6 Å². The number of nitrogens with zero attached hydrogens (tertiary/aromatic N) is 1. The molecule has 0 atom stereocenters. The quantitative estimate of drug-likeness (QED) is 0.613. The van der Waals surface area contributed by atoms with E-state index in [0.717, 1.165) is 24.1 Å². The Morgan fingerprint density at radius 1 is 1.64 bits per heavy atom. The predicted molar refractivity (Wildman–Crippen MR) is 61.4 cm³/mol. The van der Waals surface area contributed by atoms with E-state index in [9.17, 15) is 0 Å². The van der Waals surface area contributed by atoms with Crippen molar-refractivity contribution < 1.29 is 0 Å². The fraction of sp³-hybridized carbons (Fsp3) is 0.364. The Kier molecular flexibility index (Phi) is 4.47. The van der Waals surface area contributed by atoms with Crippen LogP contribution in [0, 0.1) is 0 Å². The van der Waals surface area contributed by atoms with Crippen molar-refractivity contribution in [2.24, 2.45) is 0 Å². The monoisotopic (exact) mass is 210 g/mol. The maximum Gasteiger partial charge on any atom is 0.0380 e. The first-order valence-electron chi connectivity index (χ1n) is 4.64. The van der Waals surface area contributed by atoms with Gasteiger partial charge in [0.1, 0.15) is 0 Å². The molecule has 0 aliphatic rings. The molecule has 0 radical (unpaired) electrons. The summed E-state index contributed by atoms with van der Waals surface area (Å²) in [6, 6.07) is 1.82. The van der Waals surface area contributed by atoms with E-state index in [1.807, 2.05) is 12.3 Å². The van der Waals surface area contributed by atoms with Gasteiger partial charge < -0.3 is 5.73 Å². The molecule has 2 nitrogen and oxygen atoms in total. The Balaban J connectivity index is 2.64. The number of alkyl halides is 1. The molecular weight excluding hydrogens is 196 g/mol. The lowest BCUT2D eigenvalue weighted by molar-refractivity contribution is 1.08. The molecule has 1 aromatic rings. The van der Waals surface area contributed by atoms with Crippen molar-refractivity contribution in [3.8, 4) is 0 Å². The normalized spacial score (nSPS) is 11.7. The van der Waals surface area contributed by atoms with E-state index in [1.54, 1.807) is 6.20 Å². The molecule has 0 amide bonds. The fourth-order valence-corrected chi connectivity index (χ4v) is 1.37. The zero-order chi connectivity index (χ0) is 10.4. The highest BCUT2D eigenvalue weighted by Crippen LogP contribution is 2.14. The number of nitrogens with two attached hydrogens (primary N) is 1. The summed E-state index contributed by atoms with van der Waals surface area (Å²) in [7, 11) is 0. The number of rotatable bonds is 4. The molecule has 14 heavy (non-hydrogen) atoms. The van der Waals surface area contributed by atoms with Crippen molar-refractivity contribution >= 4 is 17.3 Å². The summed E-state index contributed by atoms with van der Waals surface area (Å²) in [5.74, 6) is 0.667. The van der Waals surface area contributed by atoms with Gasteiger partial charge in [0.2, 0.25) is 0 Å². The second-order valence-electron chi connectivity index (χ2n) is 3.28. The molecule has 0 saturated heterocycles. The van der Waals surface area contributed by atoms with Crippen LogP contribution in [-0.2, 0) is 6.42 Å². The molecular formula is C11H15ClN2. The van der Waals surface area contributed by atoms with Gasteiger partial charge in [-0.3, -0.25) is 4.98 Å². The van der Waals surface area contributed by atoms with Crippen LogP contribution in [0.3, 0.4) is 0 Å². The molecule has 1 aromatic heterocycles. The first-order chi connectivity index (χ1) is 6.74. The SMILES string of the molecule is CC(=CCCCl)Cc1cnccc1N. The summed E-state index contributed by atoms with van der Waals surface area (Å²) in [5, 5.41) is 0. The second kappa shape index (κ2) is 5.66. The van der Waals surface area contributed by atoms with Crippen LogP contribution in [0.25, 0.3) is 0 Å². The number of allylic oxidation sites excluding steroid dienone is 2. The Bertz CT molecular complexity index is 321. The largest absolute Gasteiger partial charge is 0.398 e. The number of halogens is 1. The van der Waals surface area contributed by atoms with Crippen molar-refractivity contribution in [3.05, 3.63) is 35.7 Å². The lowest BCUT2D eigenvalue weighted by Gasteiger charge is -2.04. The van der Waals surface area contributed by atoms with E-state index >= 15 is 0 Å². The predicted octanol–water partition coefficient (Wildman–Crippen LogP) is 2.78. The third-order valence-corrected chi connectivity index (χ3v) is 2.23. The Hall–Kier alpha value is -1.02. The van der Waals surface area contributed by atoms with Gasteiger partial charge in [0, 0.05) is 24.0 Å². The zero-order valence-electron chi connectivity index (χ0n) is 8.33. The van der Waals surface area contributed by atoms with Crippen LogP contribution in [0.2, 0.25) is 0 Å². The topological polar surface area (TPSA) is 38.9 Å². The van der Waals surface area contributed by atoms with E-state index in [1.165, 1.54) is 5.57 Å². The summed E-state index contributed by atoms with van der Waals surface area (Å²) >= 11 is 5.60. The van der Waals surface area contributed by atoms with Gasteiger partial charge in [-0.25, -0.2) is 0 Å². The molecule has 1 heterocycles. The summed E-state index contributed by atoms with van der Waals surface area (Å²) in [6.07, 6.45) is 7.42. The molecule has 2 N–H and O–H groups in total. The third kappa shape index (κ3) is 3.38. The number of pyridine rings is 1. The maximum absolute atomic E-state index is 5.80. The van der Waals surface area contributed by atoms with Crippen LogP contribution < -0.4 is 5.73 Å². The highest BCUT2D eigenvalue weighted by atomic mass is 35.5. The van der Waals surface area contributed by atoms with Crippen molar-refractivity contribution in [1.82, 2.24) is 4.98 Å². The average molecular weight is 211 g/mol. The summed E-state index contributed by atoms with van der Waals surface area (Å²) in [6.45, 7) is 2.08. The molecule has 0 aromatic carbocycles. The lowest BCUT2D eigenvalue weighted by Crippen LogP contribution is -1.96. The summed E-state index contributed by atoms with van der Waals surface area (Å²) in [4.78, 5) is 4.05. The second-order valence-corrected chi connectivity index (χ2v) is 3.66. The molecule has 1 rings (SSSR count). The minimum atomic E-state index is 0.667. The molecule has 0 bridgehead atoms. The van der Waals surface area contributed by atoms with Crippen molar-refractivity contribution in [3.63, 3.8) is 0 Å². The smallest absolute Gasteiger partial charge is 0.0380 e. The number of hydrogen-bond donors (Lipinski definition) is 1. The van der Waals surface area contributed by atoms with Crippen LogP contribution in [0.5, 0.6) is 0 Å². The highest BCUT2D eigenvalue weighted by molar-refractivity contribution is 6.17. The van der Waals surface area contributed by atoms with Crippen molar-refractivity contribution in [2.75, 3.05) is 11.6 Å². The van der Waals surface area contributed by atoms with Gasteiger partial charge in [-0.2, -0.15) is 0 Å². The van der Waals surface area contributed by atoms with E-state index in [2.05, 4.69) is 18.0 Å². The van der Waals surface area contributed by atoms with E-state index < -0.39 is 0 Å². The lowest BCUT2D eigenvalue weighted by atomic mass is 10.1. The number of nitrogen functional groups attached to an aromatic ring is 1. The molecule has 0 unspecified atom stereocenters. The molecule has 0 spiro atoms. The van der Waals surface area contributed by atoms with E-state index in [4.69, 9.17) is 17.3 Å². The molecule has 0 aliphatic heterocycles. The molecule has 76 valence electrons. The first-order valence-corrected chi connectivity index (χ1v) is 5.17. The van der Waals surface area contributed by atoms with Gasteiger partial charge in [0.25, 0.3) is 0 Å². The van der Waals surface area contributed by atoms with Crippen LogP contribution >= 0.6 is 11.6 Å². The fourth-order valence-electron chi connectivity index (χ4n) is 1.26. The Labute approximate surface area is 89.8 Å². The Morgan fingerprint density at radius 3 is 3.07 bits per heavy atom. The average Bonchev–Trinajstić information content (AvgIpc) is 2.18. The van der Waals surface area contributed by atoms with E-state index in [-0.39, 0.29) is 0 Å². The Morgan fingerprint density at radius 2 is 2.43 bits per heavy atom. The van der Waals surface area contributed by atoms with E-state index in [0.29, 0.717) is 5.88 Å². The van der Waals surface area contributed by atoms with Gasteiger partial charge >= 0.3 is 0 Å². The highest BCUT2D eigenvalue weighted by Gasteiger charge is 1.98. The van der Waals surface area contributed by atoms with Gasteiger partial charge in [0.05, 0.1) is 0 Å². The number of anilines is 1. The van der Waals surface area contributed by atoms with Crippen molar-refractivity contribution in [2.45, 2.75) is 19.8 Å². The number of aromatic nitrogens is 1.